The molecule has 1 atom stereocenters. The number of likely N-dealkylation sites (tertiary alicyclic amines) is 1. The average molecular weight is 244 g/mol. The zero-order valence-corrected chi connectivity index (χ0v) is 10.8. The van der Waals surface area contributed by atoms with E-state index in [0.717, 1.165) is 25.9 Å². The molecule has 3 heteroatoms. The highest BCUT2D eigenvalue weighted by Crippen LogP contribution is 2.26. The standard InChI is InChI=1S/C15H20N2O/c1-12(15-4-2-13(10-16)3-5-15)17-8-6-14(11-18)7-9-17/h2-5,12,14,18H,6-9,11H2,1H3. The third-order valence-corrected chi connectivity index (χ3v) is 3.98. The predicted octanol–water partition coefficient (Wildman–Crippen LogP) is 2.32. The highest BCUT2D eigenvalue weighted by atomic mass is 16.3. The zero-order valence-electron chi connectivity index (χ0n) is 10.8. The Morgan fingerprint density at radius 1 is 1.33 bits per heavy atom. The van der Waals surface area contributed by atoms with Crippen LogP contribution in [0.3, 0.4) is 0 Å². The Morgan fingerprint density at radius 3 is 2.44 bits per heavy atom. The fraction of sp³-hybridized carbons (Fsp3) is 0.533. The van der Waals surface area contributed by atoms with E-state index in [1.807, 2.05) is 24.3 Å². The van der Waals surface area contributed by atoms with Crippen LogP contribution < -0.4 is 0 Å². The third-order valence-electron chi connectivity index (χ3n) is 3.98. The maximum Gasteiger partial charge on any atom is 0.0991 e. The van der Waals surface area contributed by atoms with Crippen molar-refractivity contribution in [2.75, 3.05) is 19.7 Å². The van der Waals surface area contributed by atoms with Gasteiger partial charge in [-0.15, -0.1) is 0 Å². The summed E-state index contributed by atoms with van der Waals surface area (Å²) in [7, 11) is 0. The summed E-state index contributed by atoms with van der Waals surface area (Å²) in [6.07, 6.45) is 2.16. The predicted molar refractivity (Wildman–Crippen MR) is 71.0 cm³/mol. The van der Waals surface area contributed by atoms with E-state index in [0.29, 0.717) is 24.1 Å². The fourth-order valence-corrected chi connectivity index (χ4v) is 2.57. The van der Waals surface area contributed by atoms with Gasteiger partial charge in [-0.3, -0.25) is 4.90 Å². The highest BCUT2D eigenvalue weighted by molar-refractivity contribution is 5.32. The van der Waals surface area contributed by atoms with Gasteiger partial charge >= 0.3 is 0 Å². The maximum absolute atomic E-state index is 9.14. The van der Waals surface area contributed by atoms with Crippen molar-refractivity contribution in [3.63, 3.8) is 0 Å². The topological polar surface area (TPSA) is 47.3 Å². The van der Waals surface area contributed by atoms with Gasteiger partial charge in [0.05, 0.1) is 11.6 Å². The minimum atomic E-state index is 0.319. The quantitative estimate of drug-likeness (QED) is 0.887. The molecule has 3 nitrogen and oxygen atoms in total. The number of hydrogen-bond donors (Lipinski definition) is 1. The monoisotopic (exact) mass is 244 g/mol. The van der Waals surface area contributed by atoms with Gasteiger partial charge in [0.1, 0.15) is 0 Å². The Bertz CT molecular complexity index is 413. The van der Waals surface area contributed by atoms with Crippen molar-refractivity contribution in [3.8, 4) is 6.07 Å². The van der Waals surface area contributed by atoms with Crippen LogP contribution in [0.25, 0.3) is 0 Å². The molecule has 1 aromatic carbocycles. The Kier molecular flexibility index (Phi) is 4.35. The molecule has 0 bridgehead atoms. The molecule has 1 aliphatic heterocycles. The minimum Gasteiger partial charge on any atom is -0.396 e. The van der Waals surface area contributed by atoms with Crippen molar-refractivity contribution in [1.29, 1.82) is 5.26 Å². The molecule has 18 heavy (non-hydrogen) atoms. The Labute approximate surface area is 109 Å². The van der Waals surface area contributed by atoms with Crippen molar-refractivity contribution in [2.45, 2.75) is 25.8 Å². The fourth-order valence-electron chi connectivity index (χ4n) is 2.57. The van der Waals surface area contributed by atoms with E-state index in [1.54, 1.807) is 0 Å². The lowest BCUT2D eigenvalue weighted by Gasteiger charge is -2.35. The van der Waals surface area contributed by atoms with Crippen LogP contribution in [0.4, 0.5) is 0 Å². The molecular formula is C15H20N2O. The van der Waals surface area contributed by atoms with Gasteiger partial charge in [0.25, 0.3) is 0 Å². The zero-order chi connectivity index (χ0) is 13.0. The van der Waals surface area contributed by atoms with Crippen LogP contribution in [0.1, 0.15) is 36.9 Å². The molecule has 1 aromatic rings. The van der Waals surface area contributed by atoms with E-state index in [-0.39, 0.29) is 0 Å². The lowest BCUT2D eigenvalue weighted by Crippen LogP contribution is -2.36. The van der Waals surface area contributed by atoms with Gasteiger partial charge in [-0.25, -0.2) is 0 Å². The Balaban J connectivity index is 1.98. The molecule has 0 amide bonds. The molecule has 96 valence electrons. The lowest BCUT2D eigenvalue weighted by molar-refractivity contribution is 0.106. The van der Waals surface area contributed by atoms with Crippen LogP contribution in [-0.4, -0.2) is 29.7 Å². The Morgan fingerprint density at radius 2 is 1.94 bits per heavy atom. The number of aliphatic hydroxyl groups is 1. The first-order valence-corrected chi connectivity index (χ1v) is 6.59. The van der Waals surface area contributed by atoms with Crippen LogP contribution in [0, 0.1) is 17.2 Å². The molecule has 2 rings (SSSR count). The van der Waals surface area contributed by atoms with E-state index >= 15 is 0 Å². The van der Waals surface area contributed by atoms with Crippen molar-refractivity contribution < 1.29 is 5.11 Å². The van der Waals surface area contributed by atoms with Crippen LogP contribution in [0.5, 0.6) is 0 Å². The smallest absolute Gasteiger partial charge is 0.0991 e. The molecule has 1 unspecified atom stereocenters. The number of rotatable bonds is 3. The first-order chi connectivity index (χ1) is 8.74. The van der Waals surface area contributed by atoms with Crippen molar-refractivity contribution in [1.82, 2.24) is 4.90 Å². The molecular weight excluding hydrogens is 224 g/mol. The van der Waals surface area contributed by atoms with Gasteiger partial charge in [0.2, 0.25) is 0 Å². The largest absolute Gasteiger partial charge is 0.396 e. The van der Waals surface area contributed by atoms with E-state index in [4.69, 9.17) is 10.4 Å². The normalized spacial score (nSPS) is 19.4. The number of hydrogen-bond acceptors (Lipinski definition) is 3. The summed E-state index contributed by atoms with van der Waals surface area (Å²) in [4.78, 5) is 2.45. The van der Waals surface area contributed by atoms with Gasteiger partial charge in [0.15, 0.2) is 0 Å². The summed E-state index contributed by atoms with van der Waals surface area (Å²) in [5.41, 5.74) is 1.97. The number of piperidine rings is 1. The van der Waals surface area contributed by atoms with E-state index in [1.165, 1.54) is 5.56 Å². The summed E-state index contributed by atoms with van der Waals surface area (Å²) in [5, 5.41) is 17.9. The summed E-state index contributed by atoms with van der Waals surface area (Å²) in [5.74, 6) is 0.481. The van der Waals surface area contributed by atoms with Gasteiger partial charge in [0, 0.05) is 12.6 Å². The number of aliphatic hydroxyl groups excluding tert-OH is 1. The maximum atomic E-state index is 9.14. The molecule has 0 spiro atoms. The van der Waals surface area contributed by atoms with Gasteiger partial charge in [-0.05, 0) is 56.5 Å². The van der Waals surface area contributed by atoms with Crippen molar-refractivity contribution in [3.05, 3.63) is 35.4 Å². The molecule has 1 N–H and O–H groups in total. The molecule has 1 aliphatic rings. The van der Waals surface area contributed by atoms with Crippen molar-refractivity contribution in [2.24, 2.45) is 5.92 Å². The molecule has 1 fully saturated rings. The second-order valence-corrected chi connectivity index (χ2v) is 5.07. The summed E-state index contributed by atoms with van der Waals surface area (Å²) in [6.45, 7) is 4.62. The molecule has 1 heterocycles. The second-order valence-electron chi connectivity index (χ2n) is 5.07. The first kappa shape index (κ1) is 13.1. The summed E-state index contributed by atoms with van der Waals surface area (Å²) < 4.78 is 0. The van der Waals surface area contributed by atoms with Crippen molar-refractivity contribution >= 4 is 0 Å². The van der Waals surface area contributed by atoms with Crippen LogP contribution >= 0.6 is 0 Å². The van der Waals surface area contributed by atoms with E-state index in [2.05, 4.69) is 17.9 Å². The molecule has 0 saturated carbocycles. The van der Waals surface area contributed by atoms with Crippen LogP contribution in [-0.2, 0) is 0 Å². The summed E-state index contributed by atoms with van der Waals surface area (Å²) in [6, 6.07) is 10.4. The molecule has 0 radical (unpaired) electrons. The third kappa shape index (κ3) is 2.90. The van der Waals surface area contributed by atoms with E-state index < -0.39 is 0 Å². The van der Waals surface area contributed by atoms with Crippen LogP contribution in [0.2, 0.25) is 0 Å². The summed E-state index contributed by atoms with van der Waals surface area (Å²) >= 11 is 0. The highest BCUT2D eigenvalue weighted by Gasteiger charge is 2.22. The average Bonchev–Trinajstić information content (AvgIpc) is 2.47. The SMILES string of the molecule is CC(c1ccc(C#N)cc1)N1CCC(CO)CC1. The number of nitriles is 1. The Hall–Kier alpha value is -1.37. The van der Waals surface area contributed by atoms with Crippen LogP contribution in [0.15, 0.2) is 24.3 Å². The molecule has 0 aliphatic carbocycles. The molecule has 0 aromatic heterocycles. The van der Waals surface area contributed by atoms with Gasteiger partial charge in [-0.2, -0.15) is 5.26 Å². The minimum absolute atomic E-state index is 0.319. The molecule has 1 saturated heterocycles. The van der Waals surface area contributed by atoms with Gasteiger partial charge in [-0.1, -0.05) is 12.1 Å². The first-order valence-electron chi connectivity index (χ1n) is 6.59. The number of benzene rings is 1. The van der Waals surface area contributed by atoms with E-state index in [9.17, 15) is 0 Å². The van der Waals surface area contributed by atoms with Gasteiger partial charge < -0.3 is 5.11 Å². The number of nitrogens with zero attached hydrogens (tertiary/aromatic N) is 2. The second kappa shape index (κ2) is 5.99. The lowest BCUT2D eigenvalue weighted by atomic mass is 9.95.